The van der Waals surface area contributed by atoms with Gasteiger partial charge in [0, 0.05) is 18.6 Å². The van der Waals surface area contributed by atoms with Gasteiger partial charge in [-0.25, -0.2) is 4.79 Å². The molecule has 0 spiro atoms. The zero-order valence-corrected chi connectivity index (χ0v) is 18.7. The summed E-state index contributed by atoms with van der Waals surface area (Å²) in [6, 6.07) is 10.3. The molecule has 2 aromatic carbocycles. The first-order valence-electron chi connectivity index (χ1n) is 10.3. The van der Waals surface area contributed by atoms with Gasteiger partial charge in [-0.1, -0.05) is 41.9 Å². The van der Waals surface area contributed by atoms with E-state index in [4.69, 9.17) is 11.6 Å². The summed E-state index contributed by atoms with van der Waals surface area (Å²) in [6.45, 7) is -0.405. The van der Waals surface area contributed by atoms with Crippen molar-refractivity contribution in [3.63, 3.8) is 0 Å². The Hall–Kier alpha value is -3.53. The second-order valence-electron chi connectivity index (χ2n) is 7.96. The molecule has 2 aliphatic rings. The van der Waals surface area contributed by atoms with E-state index in [2.05, 4.69) is 10.6 Å². The molecule has 2 N–H and O–H groups in total. The van der Waals surface area contributed by atoms with Crippen LogP contribution in [0.2, 0.25) is 5.02 Å². The van der Waals surface area contributed by atoms with Gasteiger partial charge in [0.15, 0.2) is 0 Å². The van der Waals surface area contributed by atoms with Crippen molar-refractivity contribution in [3.8, 4) is 0 Å². The van der Waals surface area contributed by atoms with Crippen molar-refractivity contribution < 1.29 is 27.6 Å². The largest absolute Gasteiger partial charge is 0.416 e. The summed E-state index contributed by atoms with van der Waals surface area (Å²) < 4.78 is 38.7. The van der Waals surface area contributed by atoms with Gasteiger partial charge in [0.2, 0.25) is 5.91 Å². The van der Waals surface area contributed by atoms with Gasteiger partial charge in [-0.3, -0.25) is 14.5 Å². The fourth-order valence-corrected chi connectivity index (χ4v) is 4.23. The highest BCUT2D eigenvalue weighted by Gasteiger charge is 2.43. The third-order valence-corrected chi connectivity index (χ3v) is 6.07. The van der Waals surface area contributed by atoms with E-state index in [0.29, 0.717) is 21.9 Å². The van der Waals surface area contributed by atoms with Crippen LogP contribution in [0.5, 0.6) is 0 Å². The number of urea groups is 1. The molecule has 11 heteroatoms. The number of likely N-dealkylation sites (N-methyl/N-ethyl adjacent to an activating group) is 1. The highest BCUT2D eigenvalue weighted by molar-refractivity contribution is 6.31. The third kappa shape index (κ3) is 4.58. The average molecular weight is 493 g/mol. The zero-order valence-electron chi connectivity index (χ0n) is 17.9. The Balaban J connectivity index is 1.46. The highest BCUT2D eigenvalue weighted by Crippen LogP contribution is 2.37. The van der Waals surface area contributed by atoms with Crippen LogP contribution in [-0.2, 0) is 22.3 Å². The lowest BCUT2D eigenvalue weighted by Gasteiger charge is -2.31. The molecular weight excluding hydrogens is 473 g/mol. The van der Waals surface area contributed by atoms with E-state index in [1.165, 1.54) is 29.0 Å². The third-order valence-electron chi connectivity index (χ3n) is 5.73. The molecule has 2 aromatic rings. The second-order valence-corrected chi connectivity index (χ2v) is 8.37. The Morgan fingerprint density at radius 1 is 1.18 bits per heavy atom. The molecule has 0 saturated carbocycles. The molecule has 0 radical (unpaired) electrons. The number of carbonyl (C=O) groups is 3. The standard InChI is InChI=1S/C23H20ClF3N4O3/c1-30-17-11-31(12-18(32)28-10-13-5-4-6-14(9-13)23(25,26)27)21(33)19(17)20(29-22(30)34)15-7-2-3-8-16(15)24/h2-9,20H,10-12H2,1H3,(H,28,32)(H,29,34)/t20-/m1/s1. The zero-order chi connectivity index (χ0) is 24.6. The van der Waals surface area contributed by atoms with E-state index in [0.717, 1.165) is 12.1 Å². The minimum Gasteiger partial charge on any atom is -0.350 e. The summed E-state index contributed by atoms with van der Waals surface area (Å²) in [5.74, 6) is -0.970. The number of nitrogens with one attached hydrogen (secondary N) is 2. The Morgan fingerprint density at radius 2 is 1.91 bits per heavy atom. The monoisotopic (exact) mass is 492 g/mol. The number of alkyl halides is 3. The molecule has 4 amide bonds. The van der Waals surface area contributed by atoms with Gasteiger partial charge in [0.1, 0.15) is 6.54 Å². The smallest absolute Gasteiger partial charge is 0.350 e. The van der Waals surface area contributed by atoms with E-state index < -0.39 is 35.6 Å². The first kappa shape index (κ1) is 23.6. The fraction of sp³-hybridized carbons (Fsp3) is 0.261. The number of hydrogen-bond acceptors (Lipinski definition) is 3. The van der Waals surface area contributed by atoms with Gasteiger partial charge < -0.3 is 15.5 Å². The van der Waals surface area contributed by atoms with Gasteiger partial charge in [-0.15, -0.1) is 0 Å². The molecule has 0 aromatic heterocycles. The summed E-state index contributed by atoms with van der Waals surface area (Å²) in [6.07, 6.45) is -4.48. The fourth-order valence-electron chi connectivity index (χ4n) is 3.98. The lowest BCUT2D eigenvalue weighted by molar-refractivity contribution is -0.137. The van der Waals surface area contributed by atoms with Crippen LogP contribution in [0.4, 0.5) is 18.0 Å². The van der Waals surface area contributed by atoms with Crippen LogP contribution in [0.25, 0.3) is 0 Å². The molecular formula is C23H20ClF3N4O3. The van der Waals surface area contributed by atoms with Crippen molar-refractivity contribution in [3.05, 3.63) is 81.5 Å². The molecule has 7 nitrogen and oxygen atoms in total. The molecule has 2 heterocycles. The maximum atomic E-state index is 13.2. The SMILES string of the molecule is CN1C(=O)N[C@H](c2ccccc2Cl)C2=C1CN(CC(=O)NCc1cccc(C(F)(F)F)c1)C2=O. The minimum absolute atomic E-state index is 0.0377. The Kier molecular flexibility index (Phi) is 6.26. The molecule has 0 fully saturated rings. The number of halogens is 4. The molecule has 34 heavy (non-hydrogen) atoms. The van der Waals surface area contributed by atoms with Crippen molar-refractivity contribution in [1.29, 1.82) is 0 Å². The van der Waals surface area contributed by atoms with E-state index in [1.54, 1.807) is 24.3 Å². The maximum absolute atomic E-state index is 13.2. The summed E-state index contributed by atoms with van der Waals surface area (Å²) in [5, 5.41) is 5.69. The summed E-state index contributed by atoms with van der Waals surface area (Å²) in [4.78, 5) is 40.8. The number of rotatable bonds is 5. The van der Waals surface area contributed by atoms with Crippen molar-refractivity contribution >= 4 is 29.4 Å². The predicted octanol–water partition coefficient (Wildman–Crippen LogP) is 3.47. The van der Waals surface area contributed by atoms with Gasteiger partial charge in [0.25, 0.3) is 5.91 Å². The van der Waals surface area contributed by atoms with Gasteiger partial charge in [-0.05, 0) is 29.3 Å². The van der Waals surface area contributed by atoms with Gasteiger partial charge in [0.05, 0.1) is 29.4 Å². The van der Waals surface area contributed by atoms with Crippen LogP contribution in [0.1, 0.15) is 22.7 Å². The van der Waals surface area contributed by atoms with Crippen molar-refractivity contribution in [2.24, 2.45) is 0 Å². The molecule has 178 valence electrons. The van der Waals surface area contributed by atoms with Crippen LogP contribution >= 0.6 is 11.6 Å². The van der Waals surface area contributed by atoms with Crippen LogP contribution in [0.15, 0.2) is 59.8 Å². The number of nitrogens with zero attached hydrogens (tertiary/aromatic N) is 2. The van der Waals surface area contributed by atoms with Crippen molar-refractivity contribution in [1.82, 2.24) is 20.4 Å². The highest BCUT2D eigenvalue weighted by atomic mass is 35.5. The number of carbonyl (C=O) groups excluding carboxylic acids is 3. The quantitative estimate of drug-likeness (QED) is 0.670. The summed E-state index contributed by atoms with van der Waals surface area (Å²) >= 11 is 6.29. The summed E-state index contributed by atoms with van der Waals surface area (Å²) in [5.41, 5.74) is 0.811. The Bertz CT molecular complexity index is 1200. The molecule has 0 unspecified atom stereocenters. The first-order valence-corrected chi connectivity index (χ1v) is 10.7. The molecule has 0 aliphatic carbocycles. The van der Waals surface area contributed by atoms with Crippen molar-refractivity contribution in [2.75, 3.05) is 20.1 Å². The van der Waals surface area contributed by atoms with E-state index in [1.807, 2.05) is 0 Å². The van der Waals surface area contributed by atoms with Crippen LogP contribution in [-0.4, -0.2) is 47.8 Å². The van der Waals surface area contributed by atoms with Crippen LogP contribution in [0, 0.1) is 0 Å². The van der Waals surface area contributed by atoms with Crippen molar-refractivity contribution in [2.45, 2.75) is 18.8 Å². The van der Waals surface area contributed by atoms with Gasteiger partial charge >= 0.3 is 12.2 Å². The molecule has 4 rings (SSSR count). The minimum atomic E-state index is -4.48. The molecule has 2 aliphatic heterocycles. The lowest BCUT2D eigenvalue weighted by atomic mass is 9.96. The topological polar surface area (TPSA) is 81.8 Å². The molecule has 0 saturated heterocycles. The number of amides is 4. The van der Waals surface area contributed by atoms with E-state index >= 15 is 0 Å². The Labute approximate surface area is 198 Å². The van der Waals surface area contributed by atoms with E-state index in [-0.39, 0.29) is 25.2 Å². The van der Waals surface area contributed by atoms with E-state index in [9.17, 15) is 27.6 Å². The molecule has 1 atom stereocenters. The first-order chi connectivity index (χ1) is 16.1. The van der Waals surface area contributed by atoms with Crippen LogP contribution in [0.3, 0.4) is 0 Å². The number of hydrogen-bond donors (Lipinski definition) is 2. The second kappa shape index (κ2) is 9.02. The van der Waals surface area contributed by atoms with Gasteiger partial charge in [-0.2, -0.15) is 13.2 Å². The maximum Gasteiger partial charge on any atom is 0.416 e. The summed E-state index contributed by atoms with van der Waals surface area (Å²) in [7, 11) is 1.53. The normalized spacial score (nSPS) is 18.2. The van der Waals surface area contributed by atoms with Crippen LogP contribution < -0.4 is 10.6 Å². The Morgan fingerprint density at radius 3 is 2.62 bits per heavy atom. The number of benzene rings is 2. The lowest BCUT2D eigenvalue weighted by Crippen LogP contribution is -2.45. The molecule has 0 bridgehead atoms. The predicted molar refractivity (Wildman–Crippen MR) is 117 cm³/mol. The average Bonchev–Trinajstić information content (AvgIpc) is 3.11.